The van der Waals surface area contributed by atoms with Crippen LogP contribution in [0.5, 0.6) is 0 Å². The van der Waals surface area contributed by atoms with E-state index in [9.17, 15) is 22.8 Å². The summed E-state index contributed by atoms with van der Waals surface area (Å²) in [5, 5.41) is 8.79. The third kappa shape index (κ3) is 4.10. The van der Waals surface area contributed by atoms with Crippen molar-refractivity contribution in [1.82, 2.24) is 14.4 Å². The average molecular weight is 435 g/mol. The van der Waals surface area contributed by atoms with Crippen LogP contribution < -0.4 is 16.7 Å². The zero-order chi connectivity index (χ0) is 22.1. The van der Waals surface area contributed by atoms with Crippen LogP contribution in [0.15, 0.2) is 66.0 Å². The maximum absolute atomic E-state index is 12.9. The van der Waals surface area contributed by atoms with Crippen molar-refractivity contribution in [3.05, 3.63) is 74.9 Å². The Kier molecular flexibility index (Phi) is 5.73. The van der Waals surface area contributed by atoms with Gasteiger partial charge in [-0.25, -0.2) is 27.5 Å². The molecule has 12 heteroatoms. The first-order chi connectivity index (χ1) is 14.1. The molecule has 1 aromatic carbocycles. The number of aromatic nitrogens is 1. The summed E-state index contributed by atoms with van der Waals surface area (Å²) in [6.07, 6.45) is 2.25. The Hall–Kier alpha value is -3.48. The Bertz CT molecular complexity index is 1300. The van der Waals surface area contributed by atoms with Gasteiger partial charge in [-0.05, 0) is 37.9 Å². The predicted molar refractivity (Wildman–Crippen MR) is 103 cm³/mol. The molecule has 0 spiro atoms. The molecule has 0 radical (unpaired) electrons. The molecule has 3 aromatic rings. The fraction of sp³-hybridized carbons (Fsp3) is 0.167. The topological polar surface area (TPSA) is 152 Å². The van der Waals surface area contributed by atoms with E-state index < -0.39 is 38.7 Å². The van der Waals surface area contributed by atoms with Crippen LogP contribution in [0.1, 0.15) is 16.1 Å². The minimum absolute atomic E-state index is 0.0153. The molecule has 1 amide bonds. The van der Waals surface area contributed by atoms with Gasteiger partial charge < -0.3 is 13.7 Å². The van der Waals surface area contributed by atoms with Crippen LogP contribution in [0.3, 0.4) is 0 Å². The molecule has 0 aliphatic rings. The molecule has 0 aliphatic carbocycles. The van der Waals surface area contributed by atoms with Crippen LogP contribution in [0.2, 0.25) is 0 Å². The predicted octanol–water partition coefficient (Wildman–Crippen LogP) is 0.479. The fourth-order valence-corrected chi connectivity index (χ4v) is 3.86. The second-order valence-corrected chi connectivity index (χ2v) is 8.34. The Morgan fingerprint density at radius 3 is 2.33 bits per heavy atom. The van der Waals surface area contributed by atoms with Gasteiger partial charge in [-0.3, -0.25) is 10.0 Å². The van der Waals surface area contributed by atoms with E-state index >= 15 is 0 Å². The number of carbonyl (C=O) groups excluding carboxylic acids is 1. The van der Waals surface area contributed by atoms with Crippen molar-refractivity contribution < 1.29 is 27.3 Å². The lowest BCUT2D eigenvalue weighted by Gasteiger charge is -2.10. The minimum Gasteiger partial charge on any atom is -0.413 e. The molecule has 158 valence electrons. The molecule has 0 saturated heterocycles. The Morgan fingerprint density at radius 2 is 1.73 bits per heavy atom. The SMILES string of the molecule is CN(C)Cc1ccc(S(=O)(=O)n2ccc(-c3oc(=O)c(=O)oc3C(=O)NO)c2)cc1. The lowest BCUT2D eigenvalue weighted by Crippen LogP contribution is -2.27. The van der Waals surface area contributed by atoms with E-state index in [4.69, 9.17) is 9.62 Å². The summed E-state index contributed by atoms with van der Waals surface area (Å²) < 4.78 is 36.0. The maximum atomic E-state index is 12.9. The molecule has 0 unspecified atom stereocenters. The highest BCUT2D eigenvalue weighted by molar-refractivity contribution is 7.90. The molecule has 2 aromatic heterocycles. The summed E-state index contributed by atoms with van der Waals surface area (Å²) in [5.41, 5.74) is -0.711. The Balaban J connectivity index is 2.02. The summed E-state index contributed by atoms with van der Waals surface area (Å²) in [6.45, 7) is 0.641. The van der Waals surface area contributed by atoms with Gasteiger partial charge in [-0.15, -0.1) is 0 Å². The van der Waals surface area contributed by atoms with Gasteiger partial charge in [0.25, 0.3) is 10.0 Å². The van der Waals surface area contributed by atoms with Crippen LogP contribution in [-0.2, 0) is 16.6 Å². The van der Waals surface area contributed by atoms with E-state index in [0.717, 1.165) is 15.7 Å². The number of nitrogens with zero attached hydrogens (tertiary/aromatic N) is 2. The van der Waals surface area contributed by atoms with Crippen molar-refractivity contribution in [2.24, 2.45) is 0 Å². The number of amides is 1. The summed E-state index contributed by atoms with van der Waals surface area (Å²) >= 11 is 0. The second-order valence-electron chi connectivity index (χ2n) is 6.50. The molecule has 0 bridgehead atoms. The molecule has 30 heavy (non-hydrogen) atoms. The van der Waals surface area contributed by atoms with Gasteiger partial charge in [0, 0.05) is 24.5 Å². The van der Waals surface area contributed by atoms with E-state index in [1.54, 1.807) is 12.1 Å². The monoisotopic (exact) mass is 435 g/mol. The largest absolute Gasteiger partial charge is 0.423 e. The Morgan fingerprint density at radius 1 is 1.10 bits per heavy atom. The smallest absolute Gasteiger partial charge is 0.413 e. The van der Waals surface area contributed by atoms with E-state index in [0.29, 0.717) is 6.54 Å². The first-order valence-electron chi connectivity index (χ1n) is 8.44. The minimum atomic E-state index is -3.99. The van der Waals surface area contributed by atoms with E-state index in [-0.39, 0.29) is 10.5 Å². The van der Waals surface area contributed by atoms with Crippen molar-refractivity contribution in [3.63, 3.8) is 0 Å². The maximum Gasteiger partial charge on any atom is 0.423 e. The number of hydrogen-bond acceptors (Lipinski definition) is 9. The van der Waals surface area contributed by atoms with Crippen molar-refractivity contribution in [3.8, 4) is 11.3 Å². The fourth-order valence-electron chi connectivity index (χ4n) is 2.67. The third-order valence-electron chi connectivity index (χ3n) is 4.00. The highest BCUT2D eigenvalue weighted by Crippen LogP contribution is 2.25. The lowest BCUT2D eigenvalue weighted by molar-refractivity contribution is 0.0666. The first-order valence-corrected chi connectivity index (χ1v) is 9.88. The Labute approximate surface area is 169 Å². The molecular formula is C18H17N3O8S. The molecule has 3 rings (SSSR count). The molecular weight excluding hydrogens is 418 g/mol. The van der Waals surface area contributed by atoms with Crippen molar-refractivity contribution in [2.45, 2.75) is 11.4 Å². The van der Waals surface area contributed by atoms with Crippen LogP contribution in [0.25, 0.3) is 11.3 Å². The first kappa shape index (κ1) is 21.2. The van der Waals surface area contributed by atoms with Gasteiger partial charge in [0.1, 0.15) is 0 Å². The van der Waals surface area contributed by atoms with Crippen LogP contribution in [-0.4, -0.2) is 42.5 Å². The van der Waals surface area contributed by atoms with Gasteiger partial charge >= 0.3 is 17.2 Å². The van der Waals surface area contributed by atoms with Crippen LogP contribution in [0.4, 0.5) is 0 Å². The molecule has 0 fully saturated rings. The van der Waals surface area contributed by atoms with Crippen molar-refractivity contribution in [1.29, 1.82) is 0 Å². The standard InChI is InChI=1S/C18H17N3O8S/c1-20(2)9-11-3-5-13(6-4-11)30(26,27)21-8-7-12(10-21)14-15(16(22)19-25)29-18(24)17(23)28-14/h3-8,10,25H,9H2,1-2H3,(H,19,22). The van der Waals surface area contributed by atoms with Gasteiger partial charge in [-0.2, -0.15) is 0 Å². The number of benzene rings is 1. The molecule has 0 aliphatic heterocycles. The normalized spacial score (nSPS) is 11.6. The van der Waals surface area contributed by atoms with Gasteiger partial charge in [0.2, 0.25) is 5.76 Å². The molecule has 0 saturated carbocycles. The van der Waals surface area contributed by atoms with E-state index in [1.807, 2.05) is 19.0 Å². The van der Waals surface area contributed by atoms with Gasteiger partial charge in [0.15, 0.2) is 5.76 Å². The highest BCUT2D eigenvalue weighted by atomic mass is 32.2. The number of carbonyl (C=O) groups is 1. The highest BCUT2D eigenvalue weighted by Gasteiger charge is 2.24. The number of rotatable bonds is 6. The van der Waals surface area contributed by atoms with E-state index in [2.05, 4.69) is 4.42 Å². The van der Waals surface area contributed by atoms with Crippen LogP contribution in [0, 0.1) is 0 Å². The molecule has 2 heterocycles. The summed E-state index contributed by atoms with van der Waals surface area (Å²) in [4.78, 5) is 36.5. The van der Waals surface area contributed by atoms with Gasteiger partial charge in [-0.1, -0.05) is 12.1 Å². The quantitative estimate of drug-likeness (QED) is 0.320. The zero-order valence-electron chi connectivity index (χ0n) is 15.9. The van der Waals surface area contributed by atoms with E-state index in [1.165, 1.54) is 29.9 Å². The lowest BCUT2D eigenvalue weighted by atomic mass is 10.2. The van der Waals surface area contributed by atoms with Crippen LogP contribution >= 0.6 is 0 Å². The number of hydroxylamine groups is 1. The summed E-state index contributed by atoms with van der Waals surface area (Å²) in [7, 11) is -0.207. The number of hydrogen-bond donors (Lipinski definition) is 2. The molecule has 0 atom stereocenters. The van der Waals surface area contributed by atoms with Crippen molar-refractivity contribution >= 4 is 15.9 Å². The van der Waals surface area contributed by atoms with Crippen molar-refractivity contribution in [2.75, 3.05) is 14.1 Å². The summed E-state index contributed by atoms with van der Waals surface area (Å²) in [5.74, 6) is -2.55. The number of nitrogens with one attached hydrogen (secondary N) is 1. The second kappa shape index (κ2) is 8.10. The average Bonchev–Trinajstić information content (AvgIpc) is 3.20. The zero-order valence-corrected chi connectivity index (χ0v) is 16.7. The molecule has 11 nitrogen and oxygen atoms in total. The third-order valence-corrected chi connectivity index (χ3v) is 5.65. The molecule has 2 N–H and O–H groups in total. The summed E-state index contributed by atoms with van der Waals surface area (Å²) in [6, 6.07) is 7.53. The van der Waals surface area contributed by atoms with Gasteiger partial charge in [0.05, 0.1) is 4.90 Å².